The molecule has 1 aromatic heterocycles. The van der Waals surface area contributed by atoms with E-state index < -0.39 is 0 Å². The normalized spacial score (nSPS) is 11.1. The second kappa shape index (κ2) is 3.95. The number of H-pyrrole nitrogens is 1. The van der Waals surface area contributed by atoms with Crippen LogP contribution in [0.1, 0.15) is 11.1 Å². The third kappa shape index (κ3) is 1.78. The Morgan fingerprint density at radius 3 is 2.44 bits per heavy atom. The zero-order valence-electron chi connectivity index (χ0n) is 10.3. The topological polar surface area (TPSA) is 28.7 Å². The lowest BCUT2D eigenvalue weighted by Gasteiger charge is -2.01. The molecule has 1 heterocycles. The number of hydrogen-bond acceptors (Lipinski definition) is 1. The summed E-state index contributed by atoms with van der Waals surface area (Å²) in [6.45, 7) is 4.08. The SMILES string of the molecule is Cc1cc(C)cc(-c2nc3c(F)cccc3[nH]2)c1. The van der Waals surface area contributed by atoms with Crippen molar-refractivity contribution in [2.45, 2.75) is 13.8 Å². The van der Waals surface area contributed by atoms with Crippen molar-refractivity contribution in [3.63, 3.8) is 0 Å². The lowest BCUT2D eigenvalue weighted by atomic mass is 10.1. The van der Waals surface area contributed by atoms with Gasteiger partial charge in [-0.15, -0.1) is 0 Å². The van der Waals surface area contributed by atoms with Gasteiger partial charge in [0.05, 0.1) is 5.52 Å². The largest absolute Gasteiger partial charge is 0.338 e. The number of aryl methyl sites for hydroxylation is 2. The van der Waals surface area contributed by atoms with Crippen molar-refractivity contribution in [1.29, 1.82) is 0 Å². The first-order valence-electron chi connectivity index (χ1n) is 5.86. The quantitative estimate of drug-likeness (QED) is 0.684. The molecule has 2 aromatic carbocycles. The zero-order chi connectivity index (χ0) is 12.7. The number of imidazole rings is 1. The highest BCUT2D eigenvalue weighted by atomic mass is 19.1. The van der Waals surface area contributed by atoms with E-state index in [1.54, 1.807) is 6.07 Å². The molecule has 0 aliphatic heterocycles. The van der Waals surface area contributed by atoms with Crippen molar-refractivity contribution in [3.8, 4) is 11.4 Å². The van der Waals surface area contributed by atoms with Crippen LogP contribution in [0.5, 0.6) is 0 Å². The van der Waals surface area contributed by atoms with Crippen molar-refractivity contribution < 1.29 is 4.39 Å². The van der Waals surface area contributed by atoms with Crippen LogP contribution in [0, 0.1) is 19.7 Å². The van der Waals surface area contributed by atoms with E-state index in [1.807, 2.05) is 32.0 Å². The molecule has 0 radical (unpaired) electrons. The van der Waals surface area contributed by atoms with Gasteiger partial charge >= 0.3 is 0 Å². The molecule has 0 atom stereocenters. The van der Waals surface area contributed by atoms with Crippen LogP contribution in [0.2, 0.25) is 0 Å². The lowest BCUT2D eigenvalue weighted by Crippen LogP contribution is -1.84. The summed E-state index contributed by atoms with van der Waals surface area (Å²) in [5.41, 5.74) is 4.45. The van der Waals surface area contributed by atoms with Gasteiger partial charge in [0.2, 0.25) is 0 Å². The summed E-state index contributed by atoms with van der Waals surface area (Å²) in [4.78, 5) is 7.49. The number of hydrogen-bond donors (Lipinski definition) is 1. The number of rotatable bonds is 1. The van der Waals surface area contributed by atoms with Crippen LogP contribution in [0.3, 0.4) is 0 Å². The molecule has 18 heavy (non-hydrogen) atoms. The van der Waals surface area contributed by atoms with E-state index in [-0.39, 0.29) is 5.82 Å². The molecule has 2 nitrogen and oxygen atoms in total. The fourth-order valence-electron chi connectivity index (χ4n) is 2.25. The van der Waals surface area contributed by atoms with Crippen LogP contribution in [-0.4, -0.2) is 9.97 Å². The number of fused-ring (bicyclic) bond motifs is 1. The van der Waals surface area contributed by atoms with Gasteiger partial charge in [-0.25, -0.2) is 9.37 Å². The van der Waals surface area contributed by atoms with Crippen LogP contribution in [0.25, 0.3) is 22.4 Å². The zero-order valence-corrected chi connectivity index (χ0v) is 10.3. The first kappa shape index (κ1) is 11.0. The van der Waals surface area contributed by atoms with Crippen LogP contribution in [-0.2, 0) is 0 Å². The molecule has 3 heteroatoms. The van der Waals surface area contributed by atoms with Crippen LogP contribution < -0.4 is 0 Å². The summed E-state index contributed by atoms with van der Waals surface area (Å²) in [5, 5.41) is 0. The van der Waals surface area contributed by atoms with Gasteiger partial charge in [-0.05, 0) is 38.1 Å². The van der Waals surface area contributed by atoms with Crippen LogP contribution in [0.4, 0.5) is 4.39 Å². The van der Waals surface area contributed by atoms with Gasteiger partial charge in [0.25, 0.3) is 0 Å². The molecule has 90 valence electrons. The number of halogens is 1. The number of nitrogens with zero attached hydrogens (tertiary/aromatic N) is 1. The fourth-order valence-corrected chi connectivity index (χ4v) is 2.25. The molecule has 0 amide bonds. The first-order valence-corrected chi connectivity index (χ1v) is 5.86. The molecule has 3 rings (SSSR count). The highest BCUT2D eigenvalue weighted by Crippen LogP contribution is 2.23. The minimum Gasteiger partial charge on any atom is -0.338 e. The van der Waals surface area contributed by atoms with Gasteiger partial charge in [-0.1, -0.05) is 23.3 Å². The summed E-state index contributed by atoms with van der Waals surface area (Å²) in [6.07, 6.45) is 0. The number of aromatic amines is 1. The number of benzene rings is 2. The number of para-hydroxylation sites is 1. The van der Waals surface area contributed by atoms with Gasteiger partial charge < -0.3 is 4.98 Å². The van der Waals surface area contributed by atoms with Crippen molar-refractivity contribution in [1.82, 2.24) is 9.97 Å². The Hall–Kier alpha value is -2.16. The molecule has 0 saturated carbocycles. The summed E-state index contributed by atoms with van der Waals surface area (Å²) in [5.74, 6) is 0.418. The Bertz CT molecular complexity index is 708. The summed E-state index contributed by atoms with van der Waals surface area (Å²) in [7, 11) is 0. The predicted molar refractivity (Wildman–Crippen MR) is 71.0 cm³/mol. The third-order valence-corrected chi connectivity index (χ3v) is 2.96. The molecule has 0 bridgehead atoms. The Labute approximate surface area is 104 Å². The minimum absolute atomic E-state index is 0.292. The number of aromatic nitrogens is 2. The molecule has 0 fully saturated rings. The molecule has 0 saturated heterocycles. The summed E-state index contributed by atoms with van der Waals surface area (Å²) < 4.78 is 13.6. The molecule has 3 aromatic rings. The van der Waals surface area contributed by atoms with Crippen molar-refractivity contribution in [2.24, 2.45) is 0 Å². The Kier molecular flexibility index (Phi) is 2.40. The van der Waals surface area contributed by atoms with E-state index in [2.05, 4.69) is 16.0 Å². The van der Waals surface area contributed by atoms with E-state index >= 15 is 0 Å². The van der Waals surface area contributed by atoms with Gasteiger partial charge in [-0.3, -0.25) is 0 Å². The smallest absolute Gasteiger partial charge is 0.151 e. The van der Waals surface area contributed by atoms with Crippen LogP contribution in [0.15, 0.2) is 36.4 Å². The molecule has 0 aliphatic rings. The maximum Gasteiger partial charge on any atom is 0.151 e. The minimum atomic E-state index is -0.292. The number of nitrogens with one attached hydrogen (secondary N) is 1. The standard InChI is InChI=1S/C15H13FN2/c1-9-6-10(2)8-11(7-9)15-17-13-5-3-4-12(16)14(13)18-15/h3-8H,1-2H3,(H,17,18). The van der Waals surface area contributed by atoms with Gasteiger partial charge in [0, 0.05) is 5.56 Å². The second-order valence-corrected chi connectivity index (χ2v) is 4.60. The highest BCUT2D eigenvalue weighted by molar-refractivity contribution is 5.80. The Balaban J connectivity index is 2.22. The average molecular weight is 240 g/mol. The molecule has 0 spiro atoms. The van der Waals surface area contributed by atoms with Gasteiger partial charge in [0.1, 0.15) is 11.3 Å². The Morgan fingerprint density at radius 1 is 1.06 bits per heavy atom. The molecule has 1 N–H and O–H groups in total. The highest BCUT2D eigenvalue weighted by Gasteiger charge is 2.09. The van der Waals surface area contributed by atoms with E-state index in [1.165, 1.54) is 17.2 Å². The van der Waals surface area contributed by atoms with Crippen LogP contribution >= 0.6 is 0 Å². The van der Waals surface area contributed by atoms with Gasteiger partial charge in [0.15, 0.2) is 5.82 Å². The van der Waals surface area contributed by atoms with E-state index in [9.17, 15) is 4.39 Å². The van der Waals surface area contributed by atoms with E-state index in [0.29, 0.717) is 11.3 Å². The predicted octanol–water partition coefficient (Wildman–Crippen LogP) is 3.99. The van der Waals surface area contributed by atoms with Crippen molar-refractivity contribution in [2.75, 3.05) is 0 Å². The average Bonchev–Trinajstić information content (AvgIpc) is 2.73. The maximum atomic E-state index is 13.6. The summed E-state index contributed by atoms with van der Waals surface area (Å²) >= 11 is 0. The maximum absolute atomic E-state index is 13.6. The Morgan fingerprint density at radius 2 is 1.78 bits per heavy atom. The molecule has 0 aliphatic carbocycles. The lowest BCUT2D eigenvalue weighted by molar-refractivity contribution is 0.637. The molecular formula is C15H13FN2. The van der Waals surface area contributed by atoms with Crippen molar-refractivity contribution >= 4 is 11.0 Å². The van der Waals surface area contributed by atoms with E-state index in [0.717, 1.165) is 11.1 Å². The third-order valence-electron chi connectivity index (χ3n) is 2.96. The van der Waals surface area contributed by atoms with Crippen molar-refractivity contribution in [3.05, 3.63) is 53.3 Å². The monoisotopic (exact) mass is 240 g/mol. The van der Waals surface area contributed by atoms with E-state index in [4.69, 9.17) is 0 Å². The molecular weight excluding hydrogens is 227 g/mol. The molecule has 0 unspecified atom stereocenters. The first-order chi connectivity index (χ1) is 8.63. The summed E-state index contributed by atoms with van der Waals surface area (Å²) in [6, 6.07) is 11.1. The fraction of sp³-hybridized carbons (Fsp3) is 0.133. The second-order valence-electron chi connectivity index (χ2n) is 4.60. The van der Waals surface area contributed by atoms with Gasteiger partial charge in [-0.2, -0.15) is 0 Å².